The molecule has 0 spiro atoms. The van der Waals surface area contributed by atoms with Gasteiger partial charge in [-0.15, -0.1) is 10.2 Å². The number of nitrogens with one attached hydrogen (secondary N) is 1. The first-order chi connectivity index (χ1) is 11.7. The van der Waals surface area contributed by atoms with Gasteiger partial charge in [-0.3, -0.25) is 14.2 Å². The first-order valence-corrected chi connectivity index (χ1v) is 7.57. The smallest absolute Gasteiger partial charge is 0.325 e. The van der Waals surface area contributed by atoms with Crippen LogP contribution in [0, 0.1) is 0 Å². The van der Waals surface area contributed by atoms with Crippen molar-refractivity contribution < 1.29 is 19.1 Å². The first-order valence-electron chi connectivity index (χ1n) is 7.57. The molecule has 1 amide bonds. The molecule has 1 unspecified atom stereocenters. The molecule has 2 aromatic rings. The highest BCUT2D eigenvalue weighted by Gasteiger charge is 2.33. The van der Waals surface area contributed by atoms with Gasteiger partial charge in [0.15, 0.2) is 5.82 Å². The molecule has 2 heterocycles. The van der Waals surface area contributed by atoms with Crippen LogP contribution in [-0.2, 0) is 20.7 Å². The van der Waals surface area contributed by atoms with Crippen molar-refractivity contribution in [2.75, 3.05) is 20.8 Å². The number of hydrogen-bond donors (Lipinski definition) is 1. The topological polar surface area (TPSA) is 95.3 Å². The second kappa shape index (κ2) is 6.69. The molecule has 1 aliphatic heterocycles. The Morgan fingerprint density at radius 1 is 1.29 bits per heavy atom. The van der Waals surface area contributed by atoms with Crippen molar-refractivity contribution in [2.24, 2.45) is 0 Å². The van der Waals surface area contributed by atoms with E-state index in [1.54, 1.807) is 7.11 Å². The number of nitrogens with zero attached hydrogens (tertiary/aromatic N) is 3. The van der Waals surface area contributed by atoms with E-state index in [-0.39, 0.29) is 12.5 Å². The predicted octanol–water partition coefficient (Wildman–Crippen LogP) is 0.730. The highest BCUT2D eigenvalue weighted by molar-refractivity contribution is 5.85. The van der Waals surface area contributed by atoms with Gasteiger partial charge in [-0.1, -0.05) is 12.1 Å². The summed E-state index contributed by atoms with van der Waals surface area (Å²) >= 11 is 0. The fraction of sp³-hybridized carbons (Fsp3) is 0.375. The van der Waals surface area contributed by atoms with Gasteiger partial charge in [0.1, 0.15) is 24.2 Å². The number of benzene rings is 1. The van der Waals surface area contributed by atoms with Crippen LogP contribution >= 0.6 is 0 Å². The van der Waals surface area contributed by atoms with Gasteiger partial charge in [0.05, 0.1) is 19.8 Å². The summed E-state index contributed by atoms with van der Waals surface area (Å²) in [6, 6.07) is 6.99. The molecule has 1 atom stereocenters. The van der Waals surface area contributed by atoms with Gasteiger partial charge in [-0.25, -0.2) is 0 Å². The summed E-state index contributed by atoms with van der Waals surface area (Å²) in [5.74, 6) is 1.24. The lowest BCUT2D eigenvalue weighted by atomic mass is 10.1. The molecule has 0 saturated carbocycles. The van der Waals surface area contributed by atoms with E-state index in [0.717, 1.165) is 11.4 Å². The van der Waals surface area contributed by atoms with E-state index in [2.05, 4.69) is 20.3 Å². The molecule has 0 bridgehead atoms. The zero-order chi connectivity index (χ0) is 17.1. The standard InChI is InChI=1S/C16H18N4O4/c1-23-12-6-4-3-5-10(12)15-19-18-13-8-7-11(20(13)15)16(22)17-9-14(21)24-2/h3-6,11H,7-9H2,1-2H3,(H,17,22). The molecule has 8 heteroatoms. The lowest BCUT2D eigenvalue weighted by Gasteiger charge is -2.16. The normalized spacial score (nSPS) is 15.7. The molecular formula is C16H18N4O4. The van der Waals surface area contributed by atoms with E-state index in [1.165, 1.54) is 7.11 Å². The average Bonchev–Trinajstić information content (AvgIpc) is 3.21. The summed E-state index contributed by atoms with van der Waals surface area (Å²) in [5.41, 5.74) is 0.770. The number of fused-ring (bicyclic) bond motifs is 1. The summed E-state index contributed by atoms with van der Waals surface area (Å²) in [6.07, 6.45) is 1.26. The SMILES string of the molecule is COC(=O)CNC(=O)C1CCc2nnc(-c3ccccc3OC)n21. The van der Waals surface area contributed by atoms with Crippen LogP contribution in [0.2, 0.25) is 0 Å². The molecule has 1 N–H and O–H groups in total. The van der Waals surface area contributed by atoms with Crippen LogP contribution in [0.5, 0.6) is 5.75 Å². The third kappa shape index (κ3) is 2.82. The van der Waals surface area contributed by atoms with Gasteiger partial charge in [-0.05, 0) is 18.6 Å². The van der Waals surface area contributed by atoms with Crippen molar-refractivity contribution in [1.82, 2.24) is 20.1 Å². The van der Waals surface area contributed by atoms with Gasteiger partial charge >= 0.3 is 5.97 Å². The number of para-hydroxylation sites is 1. The molecule has 0 radical (unpaired) electrons. The molecule has 24 heavy (non-hydrogen) atoms. The van der Waals surface area contributed by atoms with Crippen molar-refractivity contribution >= 4 is 11.9 Å². The number of rotatable bonds is 5. The van der Waals surface area contributed by atoms with Gasteiger partial charge in [0, 0.05) is 6.42 Å². The van der Waals surface area contributed by atoms with Crippen molar-refractivity contribution in [3.05, 3.63) is 30.1 Å². The van der Waals surface area contributed by atoms with Crippen LogP contribution in [0.25, 0.3) is 11.4 Å². The monoisotopic (exact) mass is 330 g/mol. The molecular weight excluding hydrogens is 312 g/mol. The fourth-order valence-electron chi connectivity index (χ4n) is 2.83. The predicted molar refractivity (Wildman–Crippen MR) is 84.4 cm³/mol. The number of methoxy groups -OCH3 is 2. The van der Waals surface area contributed by atoms with Crippen LogP contribution in [0.1, 0.15) is 18.3 Å². The highest BCUT2D eigenvalue weighted by atomic mass is 16.5. The number of amides is 1. The van der Waals surface area contributed by atoms with E-state index in [0.29, 0.717) is 24.4 Å². The molecule has 1 aromatic heterocycles. The number of aromatic nitrogens is 3. The van der Waals surface area contributed by atoms with Crippen LogP contribution in [-0.4, -0.2) is 47.4 Å². The Morgan fingerprint density at radius 2 is 2.08 bits per heavy atom. The van der Waals surface area contributed by atoms with Gasteiger partial charge in [0.25, 0.3) is 0 Å². The lowest BCUT2D eigenvalue weighted by molar-refractivity contribution is -0.141. The third-order valence-electron chi connectivity index (χ3n) is 4.00. The lowest BCUT2D eigenvalue weighted by Crippen LogP contribution is -2.35. The first kappa shape index (κ1) is 16.0. The second-order valence-corrected chi connectivity index (χ2v) is 5.36. The van der Waals surface area contributed by atoms with E-state index in [9.17, 15) is 9.59 Å². The zero-order valence-electron chi connectivity index (χ0n) is 13.5. The maximum atomic E-state index is 12.4. The maximum Gasteiger partial charge on any atom is 0.325 e. The molecule has 126 valence electrons. The van der Waals surface area contributed by atoms with Crippen LogP contribution in [0.3, 0.4) is 0 Å². The minimum Gasteiger partial charge on any atom is -0.496 e. The molecule has 0 aliphatic carbocycles. The van der Waals surface area contributed by atoms with E-state index in [4.69, 9.17) is 4.74 Å². The number of carbonyl (C=O) groups is 2. The van der Waals surface area contributed by atoms with Crippen molar-refractivity contribution in [1.29, 1.82) is 0 Å². The summed E-state index contributed by atoms with van der Waals surface area (Å²) in [5, 5.41) is 11.0. The second-order valence-electron chi connectivity index (χ2n) is 5.36. The Labute approximate surface area is 138 Å². The summed E-state index contributed by atoms with van der Waals surface area (Å²) < 4.78 is 11.7. The average molecular weight is 330 g/mol. The number of carbonyl (C=O) groups excluding carboxylic acids is 2. The Balaban J connectivity index is 1.90. The molecule has 3 rings (SSSR count). The Bertz CT molecular complexity index is 771. The third-order valence-corrected chi connectivity index (χ3v) is 4.00. The van der Waals surface area contributed by atoms with E-state index >= 15 is 0 Å². The fourth-order valence-corrected chi connectivity index (χ4v) is 2.83. The van der Waals surface area contributed by atoms with Crippen LogP contribution in [0.4, 0.5) is 0 Å². The Kier molecular flexibility index (Phi) is 4.45. The number of aryl methyl sites for hydroxylation is 1. The van der Waals surface area contributed by atoms with Crippen molar-refractivity contribution in [2.45, 2.75) is 18.9 Å². The highest BCUT2D eigenvalue weighted by Crippen LogP contribution is 2.35. The zero-order valence-corrected chi connectivity index (χ0v) is 13.5. The van der Waals surface area contributed by atoms with E-state index < -0.39 is 12.0 Å². The summed E-state index contributed by atoms with van der Waals surface area (Å²) in [7, 11) is 2.86. The largest absolute Gasteiger partial charge is 0.496 e. The van der Waals surface area contributed by atoms with Gasteiger partial charge < -0.3 is 14.8 Å². The number of ether oxygens (including phenoxy) is 2. The van der Waals surface area contributed by atoms with Crippen LogP contribution < -0.4 is 10.1 Å². The molecule has 8 nitrogen and oxygen atoms in total. The van der Waals surface area contributed by atoms with Crippen molar-refractivity contribution in [3.8, 4) is 17.1 Å². The number of hydrogen-bond acceptors (Lipinski definition) is 6. The minimum absolute atomic E-state index is 0.159. The molecule has 1 aromatic carbocycles. The summed E-state index contributed by atoms with van der Waals surface area (Å²) in [6.45, 7) is -0.159. The number of esters is 1. The Morgan fingerprint density at radius 3 is 2.83 bits per heavy atom. The van der Waals surface area contributed by atoms with E-state index in [1.807, 2.05) is 28.8 Å². The van der Waals surface area contributed by atoms with Crippen molar-refractivity contribution in [3.63, 3.8) is 0 Å². The quantitative estimate of drug-likeness (QED) is 0.812. The Hall–Kier alpha value is -2.90. The van der Waals surface area contributed by atoms with Gasteiger partial charge in [-0.2, -0.15) is 0 Å². The molecule has 0 saturated heterocycles. The molecule has 1 aliphatic rings. The maximum absolute atomic E-state index is 12.4. The van der Waals surface area contributed by atoms with Gasteiger partial charge in [0.2, 0.25) is 5.91 Å². The minimum atomic E-state index is -0.490. The summed E-state index contributed by atoms with van der Waals surface area (Å²) in [4.78, 5) is 23.7. The molecule has 0 fully saturated rings. The van der Waals surface area contributed by atoms with Crippen LogP contribution in [0.15, 0.2) is 24.3 Å².